The SMILES string of the molecule is N#Cc1ccccc1S(=O)(=O)Nc1cccc(NC(=NCc2ccc(Cl)cc2F)NC(=O)c2ccc(Cl)cc2)n1. The molecule has 13 heteroatoms. The van der Waals surface area contributed by atoms with Crippen molar-refractivity contribution in [3.05, 3.63) is 117 Å². The van der Waals surface area contributed by atoms with Crippen molar-refractivity contribution in [1.29, 1.82) is 5.26 Å². The first-order valence-corrected chi connectivity index (χ1v) is 13.7. The van der Waals surface area contributed by atoms with Gasteiger partial charge in [0.05, 0.1) is 12.1 Å². The predicted octanol–water partition coefficient (Wildman–Crippen LogP) is 5.60. The van der Waals surface area contributed by atoms with Gasteiger partial charge in [-0.2, -0.15) is 5.26 Å². The van der Waals surface area contributed by atoms with E-state index in [1.54, 1.807) is 18.2 Å². The van der Waals surface area contributed by atoms with Crippen molar-refractivity contribution >= 4 is 56.7 Å². The third kappa shape index (κ3) is 7.33. The molecule has 40 heavy (non-hydrogen) atoms. The Morgan fingerprint density at radius 3 is 2.38 bits per heavy atom. The van der Waals surface area contributed by atoms with Crippen molar-refractivity contribution in [2.24, 2.45) is 4.99 Å². The second kappa shape index (κ2) is 12.6. The second-order valence-corrected chi connectivity index (χ2v) is 10.6. The second-order valence-electron chi connectivity index (χ2n) is 8.11. The molecule has 1 aromatic heterocycles. The van der Waals surface area contributed by atoms with Gasteiger partial charge in [-0.25, -0.2) is 22.8 Å². The van der Waals surface area contributed by atoms with Crippen LogP contribution in [-0.2, 0) is 16.6 Å². The number of nitrogens with zero attached hydrogens (tertiary/aromatic N) is 3. The van der Waals surface area contributed by atoms with E-state index < -0.39 is 21.7 Å². The number of nitriles is 1. The summed E-state index contributed by atoms with van der Waals surface area (Å²) >= 11 is 11.7. The molecule has 0 saturated carbocycles. The Balaban J connectivity index is 1.60. The number of aliphatic imine (C=N–C) groups is 1. The van der Waals surface area contributed by atoms with Crippen molar-refractivity contribution in [2.75, 3.05) is 10.0 Å². The third-order valence-corrected chi connectivity index (χ3v) is 7.19. The Morgan fingerprint density at radius 2 is 1.65 bits per heavy atom. The molecule has 0 fully saturated rings. The molecule has 4 rings (SSSR count). The molecular weight excluding hydrogens is 578 g/mol. The fourth-order valence-corrected chi connectivity index (χ4v) is 4.82. The zero-order valence-electron chi connectivity index (χ0n) is 20.4. The number of aromatic nitrogens is 1. The van der Waals surface area contributed by atoms with Crippen LogP contribution in [0.5, 0.6) is 0 Å². The van der Waals surface area contributed by atoms with Crippen LogP contribution >= 0.6 is 23.2 Å². The molecule has 0 saturated heterocycles. The van der Waals surface area contributed by atoms with Gasteiger partial charge in [0.15, 0.2) is 0 Å². The zero-order chi connectivity index (χ0) is 28.7. The smallest absolute Gasteiger partial charge is 0.264 e. The molecule has 202 valence electrons. The number of carbonyl (C=O) groups is 1. The van der Waals surface area contributed by atoms with Crippen molar-refractivity contribution < 1.29 is 17.6 Å². The number of pyridine rings is 1. The van der Waals surface area contributed by atoms with E-state index in [4.69, 9.17) is 23.2 Å². The van der Waals surface area contributed by atoms with Crippen molar-refractivity contribution in [1.82, 2.24) is 10.3 Å². The van der Waals surface area contributed by atoms with Crippen LogP contribution in [-0.4, -0.2) is 25.3 Å². The number of guanidine groups is 1. The van der Waals surface area contributed by atoms with Gasteiger partial charge in [-0.1, -0.05) is 47.5 Å². The lowest BCUT2D eigenvalue weighted by Gasteiger charge is -2.13. The van der Waals surface area contributed by atoms with E-state index in [0.29, 0.717) is 5.02 Å². The van der Waals surface area contributed by atoms with Gasteiger partial charge in [0.1, 0.15) is 28.4 Å². The van der Waals surface area contributed by atoms with E-state index in [1.807, 2.05) is 6.07 Å². The highest BCUT2D eigenvalue weighted by Crippen LogP contribution is 2.20. The average molecular weight is 597 g/mol. The molecule has 0 bridgehead atoms. The molecule has 0 radical (unpaired) electrons. The Morgan fingerprint density at radius 1 is 0.950 bits per heavy atom. The minimum atomic E-state index is -4.14. The summed E-state index contributed by atoms with van der Waals surface area (Å²) in [6, 6.07) is 22.3. The van der Waals surface area contributed by atoms with E-state index in [9.17, 15) is 22.9 Å². The molecule has 3 aromatic carbocycles. The highest BCUT2D eigenvalue weighted by atomic mass is 35.5. The quantitative estimate of drug-likeness (QED) is 0.188. The van der Waals surface area contributed by atoms with Gasteiger partial charge in [-0.05, 0) is 60.7 Å². The molecule has 0 spiro atoms. The lowest BCUT2D eigenvalue weighted by molar-refractivity contribution is 0.0977. The van der Waals surface area contributed by atoms with Crippen molar-refractivity contribution in [3.8, 4) is 6.07 Å². The van der Waals surface area contributed by atoms with Crippen LogP contribution in [0.25, 0.3) is 0 Å². The van der Waals surface area contributed by atoms with Crippen LogP contribution in [0.2, 0.25) is 10.0 Å². The number of rotatable bonds is 7. The van der Waals surface area contributed by atoms with Crippen LogP contribution in [0, 0.1) is 17.1 Å². The summed E-state index contributed by atoms with van der Waals surface area (Å²) in [6.07, 6.45) is 0. The number of hydrogen-bond donors (Lipinski definition) is 3. The first-order chi connectivity index (χ1) is 19.1. The van der Waals surface area contributed by atoms with Gasteiger partial charge in [-0.15, -0.1) is 0 Å². The number of benzene rings is 3. The van der Waals surface area contributed by atoms with Crippen LogP contribution in [0.3, 0.4) is 0 Å². The van der Waals surface area contributed by atoms with Crippen LogP contribution in [0.4, 0.5) is 16.0 Å². The topological polar surface area (TPSA) is 136 Å². The molecule has 9 nitrogen and oxygen atoms in total. The zero-order valence-corrected chi connectivity index (χ0v) is 22.7. The van der Waals surface area contributed by atoms with Gasteiger partial charge in [0.2, 0.25) is 5.96 Å². The summed E-state index contributed by atoms with van der Waals surface area (Å²) in [4.78, 5) is 21.2. The number of carbonyl (C=O) groups excluding carboxylic acids is 1. The first kappa shape index (κ1) is 28.5. The van der Waals surface area contributed by atoms with Crippen molar-refractivity contribution in [2.45, 2.75) is 11.4 Å². The summed E-state index contributed by atoms with van der Waals surface area (Å²) in [6.45, 7) is -0.163. The number of nitrogens with one attached hydrogen (secondary N) is 3. The van der Waals surface area contributed by atoms with Gasteiger partial charge in [0.25, 0.3) is 15.9 Å². The number of amides is 1. The van der Waals surface area contributed by atoms with Gasteiger partial charge in [0, 0.05) is 21.2 Å². The lowest BCUT2D eigenvalue weighted by atomic mass is 10.2. The first-order valence-electron chi connectivity index (χ1n) is 11.5. The van der Waals surface area contributed by atoms with Crippen LogP contribution < -0.4 is 15.4 Å². The molecule has 0 atom stereocenters. The number of sulfonamides is 1. The minimum Gasteiger partial charge on any atom is -0.311 e. The molecule has 3 N–H and O–H groups in total. The molecule has 1 heterocycles. The predicted molar refractivity (Wildman–Crippen MR) is 151 cm³/mol. The van der Waals surface area contributed by atoms with Gasteiger partial charge in [-0.3, -0.25) is 14.8 Å². The molecule has 0 aliphatic rings. The minimum absolute atomic E-state index is 0.0296. The summed E-state index contributed by atoms with van der Waals surface area (Å²) < 4.78 is 42.5. The largest absolute Gasteiger partial charge is 0.311 e. The highest BCUT2D eigenvalue weighted by molar-refractivity contribution is 7.92. The number of anilines is 2. The Kier molecular flexibility index (Phi) is 8.96. The molecule has 0 unspecified atom stereocenters. The Labute approximate surface area is 239 Å². The average Bonchev–Trinajstić information content (AvgIpc) is 2.92. The maximum Gasteiger partial charge on any atom is 0.264 e. The monoisotopic (exact) mass is 596 g/mol. The van der Waals surface area contributed by atoms with E-state index in [2.05, 4.69) is 25.3 Å². The fourth-order valence-electron chi connectivity index (χ4n) is 3.37. The van der Waals surface area contributed by atoms with E-state index in [0.717, 1.165) is 6.07 Å². The van der Waals surface area contributed by atoms with Crippen LogP contribution in [0.15, 0.2) is 94.8 Å². The summed E-state index contributed by atoms with van der Waals surface area (Å²) in [5.74, 6) is -1.15. The third-order valence-electron chi connectivity index (χ3n) is 5.29. The van der Waals surface area contributed by atoms with E-state index in [1.165, 1.54) is 60.7 Å². The Bertz CT molecular complexity index is 1740. The number of hydrogen-bond acceptors (Lipinski definition) is 6. The Hall–Kier alpha value is -4.50. The normalized spacial score (nSPS) is 11.4. The fraction of sp³-hybridized carbons (Fsp3) is 0.0370. The lowest BCUT2D eigenvalue weighted by Crippen LogP contribution is -2.36. The van der Waals surface area contributed by atoms with Crippen LogP contribution in [0.1, 0.15) is 21.5 Å². The van der Waals surface area contributed by atoms with E-state index in [-0.39, 0.29) is 50.7 Å². The molecule has 0 aliphatic carbocycles. The van der Waals surface area contributed by atoms with Gasteiger partial charge >= 0.3 is 0 Å². The molecule has 4 aromatic rings. The maximum atomic E-state index is 14.3. The molecular formula is C27H19Cl2FN6O3S. The van der Waals surface area contributed by atoms with Gasteiger partial charge < -0.3 is 5.32 Å². The molecule has 0 aliphatic heterocycles. The van der Waals surface area contributed by atoms with Crippen molar-refractivity contribution in [3.63, 3.8) is 0 Å². The summed E-state index contributed by atoms with van der Waals surface area (Å²) in [5, 5.41) is 15.4. The summed E-state index contributed by atoms with van der Waals surface area (Å²) in [5.41, 5.74) is 0.468. The highest BCUT2D eigenvalue weighted by Gasteiger charge is 2.19. The van der Waals surface area contributed by atoms with E-state index >= 15 is 0 Å². The standard InChI is InChI=1S/C27H19Cl2FN6O3S/c28-20-11-8-17(9-12-20)26(37)35-27(32-16-19-10-13-21(29)14-22(19)30)34-24-6-3-7-25(33-24)36-40(38,39)23-5-2-1-4-18(23)15-31/h1-14H,16H2,(H3,32,33,34,35,36,37). The maximum absolute atomic E-state index is 14.3. The number of halogens is 3. The summed E-state index contributed by atoms with van der Waals surface area (Å²) in [7, 11) is -4.14. The molecule has 1 amide bonds.